The highest BCUT2D eigenvalue weighted by Crippen LogP contribution is 2.34. The highest BCUT2D eigenvalue weighted by molar-refractivity contribution is 7.15. The molecule has 0 saturated carbocycles. The number of anilines is 2. The van der Waals surface area contributed by atoms with E-state index in [1.807, 2.05) is 49.4 Å². The van der Waals surface area contributed by atoms with Gasteiger partial charge in [0.2, 0.25) is 11.0 Å². The van der Waals surface area contributed by atoms with Crippen molar-refractivity contribution >= 4 is 34.0 Å². The Kier molecular flexibility index (Phi) is 4.68. The van der Waals surface area contributed by atoms with Crippen molar-refractivity contribution in [2.45, 2.75) is 19.3 Å². The lowest BCUT2D eigenvalue weighted by Gasteiger charge is -2.16. The molecule has 1 N–H and O–H groups in total. The molecular formula is C20H18N4O2S. The van der Waals surface area contributed by atoms with Crippen LogP contribution in [0.4, 0.5) is 10.8 Å². The first kappa shape index (κ1) is 17.4. The summed E-state index contributed by atoms with van der Waals surface area (Å²) in [6, 6.07) is 16.9. The van der Waals surface area contributed by atoms with Crippen molar-refractivity contribution in [1.29, 1.82) is 0 Å². The van der Waals surface area contributed by atoms with Crippen molar-refractivity contribution < 1.29 is 9.59 Å². The van der Waals surface area contributed by atoms with Crippen LogP contribution in [-0.2, 0) is 4.79 Å². The number of nitrogens with zero attached hydrogens (tertiary/aromatic N) is 3. The molecule has 0 aliphatic carbocycles. The van der Waals surface area contributed by atoms with Crippen molar-refractivity contribution in [1.82, 2.24) is 10.2 Å². The standard InChI is InChI=1S/C20H18N4O2S/c1-13-7-9-16(10-8-13)24-12-15(11-17(24)25)19-22-23-20(27-19)21-18(26)14-5-3-2-4-6-14/h2-10,15H,11-12H2,1H3,(H,21,23,26)/t15-/m1/s1. The van der Waals surface area contributed by atoms with Crippen molar-refractivity contribution in [3.8, 4) is 0 Å². The molecule has 2 heterocycles. The zero-order valence-electron chi connectivity index (χ0n) is 14.8. The molecule has 2 aromatic carbocycles. The number of carbonyl (C=O) groups is 2. The summed E-state index contributed by atoms with van der Waals surface area (Å²) < 4.78 is 0. The molecule has 136 valence electrons. The number of benzene rings is 2. The lowest BCUT2D eigenvalue weighted by Crippen LogP contribution is -2.24. The smallest absolute Gasteiger partial charge is 0.257 e. The van der Waals surface area contributed by atoms with E-state index in [1.54, 1.807) is 17.0 Å². The number of nitrogens with one attached hydrogen (secondary N) is 1. The molecule has 6 nitrogen and oxygen atoms in total. The van der Waals surface area contributed by atoms with E-state index in [9.17, 15) is 9.59 Å². The SMILES string of the molecule is Cc1ccc(N2C[C@H](c3nnc(NC(=O)c4ccccc4)s3)CC2=O)cc1. The highest BCUT2D eigenvalue weighted by Gasteiger charge is 2.33. The van der Waals surface area contributed by atoms with Gasteiger partial charge in [-0.05, 0) is 31.2 Å². The fraction of sp³-hybridized carbons (Fsp3) is 0.200. The van der Waals surface area contributed by atoms with Crippen LogP contribution in [0.2, 0.25) is 0 Å². The number of aromatic nitrogens is 2. The second-order valence-corrected chi connectivity index (χ2v) is 7.52. The number of hydrogen-bond donors (Lipinski definition) is 1. The number of amides is 2. The lowest BCUT2D eigenvalue weighted by molar-refractivity contribution is -0.117. The Hall–Kier alpha value is -3.06. The van der Waals surface area contributed by atoms with Crippen LogP contribution in [-0.4, -0.2) is 28.6 Å². The van der Waals surface area contributed by atoms with E-state index >= 15 is 0 Å². The van der Waals surface area contributed by atoms with E-state index in [4.69, 9.17) is 0 Å². The molecule has 2 amide bonds. The molecule has 3 aromatic rings. The molecule has 7 heteroatoms. The third-order valence-electron chi connectivity index (χ3n) is 4.52. The van der Waals surface area contributed by atoms with Gasteiger partial charge in [-0.3, -0.25) is 14.9 Å². The highest BCUT2D eigenvalue weighted by atomic mass is 32.1. The summed E-state index contributed by atoms with van der Waals surface area (Å²) in [5.74, 6) is -0.158. The first-order valence-corrected chi connectivity index (χ1v) is 9.48. The van der Waals surface area contributed by atoms with Crippen LogP contribution in [0.25, 0.3) is 0 Å². The van der Waals surface area contributed by atoms with Crippen molar-refractivity contribution in [3.63, 3.8) is 0 Å². The van der Waals surface area contributed by atoms with E-state index < -0.39 is 0 Å². The van der Waals surface area contributed by atoms with Crippen molar-refractivity contribution in [2.75, 3.05) is 16.8 Å². The molecule has 1 fully saturated rings. The lowest BCUT2D eigenvalue weighted by atomic mass is 10.1. The molecule has 0 spiro atoms. The summed E-state index contributed by atoms with van der Waals surface area (Å²) in [5, 5.41) is 12.2. The largest absolute Gasteiger partial charge is 0.312 e. The van der Waals surface area contributed by atoms with Gasteiger partial charge in [0.25, 0.3) is 5.91 Å². The number of rotatable bonds is 4. The van der Waals surface area contributed by atoms with Gasteiger partial charge in [0.15, 0.2) is 0 Å². The Morgan fingerprint density at radius 2 is 1.85 bits per heavy atom. The molecular weight excluding hydrogens is 360 g/mol. The van der Waals surface area contributed by atoms with Gasteiger partial charge in [-0.25, -0.2) is 0 Å². The van der Waals surface area contributed by atoms with Crippen LogP contribution in [0, 0.1) is 6.92 Å². The van der Waals surface area contributed by atoms with Gasteiger partial charge >= 0.3 is 0 Å². The van der Waals surface area contributed by atoms with Gasteiger partial charge in [-0.15, -0.1) is 10.2 Å². The van der Waals surface area contributed by atoms with E-state index in [1.165, 1.54) is 11.3 Å². The van der Waals surface area contributed by atoms with Crippen molar-refractivity contribution in [3.05, 3.63) is 70.7 Å². The maximum atomic E-state index is 12.4. The third-order valence-corrected chi connectivity index (χ3v) is 5.52. The minimum Gasteiger partial charge on any atom is -0.312 e. The average molecular weight is 378 g/mol. The predicted octanol–water partition coefficient (Wildman–Crippen LogP) is 3.62. The molecule has 1 aliphatic heterocycles. The maximum absolute atomic E-state index is 12.4. The molecule has 0 unspecified atom stereocenters. The molecule has 4 rings (SSSR count). The van der Waals surface area contributed by atoms with Gasteiger partial charge in [0, 0.05) is 30.1 Å². The Morgan fingerprint density at radius 3 is 2.59 bits per heavy atom. The van der Waals surface area contributed by atoms with E-state index in [0.29, 0.717) is 23.7 Å². The van der Waals surface area contributed by atoms with Crippen LogP contribution in [0.5, 0.6) is 0 Å². The Labute approximate surface area is 160 Å². The average Bonchev–Trinajstić information content (AvgIpc) is 3.30. The molecule has 1 atom stereocenters. The predicted molar refractivity (Wildman–Crippen MR) is 105 cm³/mol. The molecule has 1 aliphatic rings. The van der Waals surface area contributed by atoms with Crippen molar-refractivity contribution in [2.24, 2.45) is 0 Å². The zero-order chi connectivity index (χ0) is 18.8. The van der Waals surface area contributed by atoms with Gasteiger partial charge in [-0.1, -0.05) is 47.2 Å². The summed E-state index contributed by atoms with van der Waals surface area (Å²) in [6.45, 7) is 2.59. The first-order valence-electron chi connectivity index (χ1n) is 8.67. The monoisotopic (exact) mass is 378 g/mol. The van der Waals surface area contributed by atoms with Crippen LogP contribution < -0.4 is 10.2 Å². The van der Waals surface area contributed by atoms with Crippen LogP contribution >= 0.6 is 11.3 Å². The van der Waals surface area contributed by atoms with Crippen LogP contribution in [0.1, 0.15) is 33.3 Å². The number of aryl methyl sites for hydroxylation is 1. The van der Waals surface area contributed by atoms with E-state index in [0.717, 1.165) is 16.3 Å². The normalized spacial score (nSPS) is 16.6. The number of carbonyl (C=O) groups excluding carboxylic acids is 2. The fourth-order valence-corrected chi connectivity index (χ4v) is 3.89. The summed E-state index contributed by atoms with van der Waals surface area (Å²) in [5.41, 5.74) is 2.62. The Bertz CT molecular complexity index is 969. The quantitative estimate of drug-likeness (QED) is 0.752. The van der Waals surface area contributed by atoms with Crippen LogP contribution in [0.15, 0.2) is 54.6 Å². The van der Waals surface area contributed by atoms with Gasteiger partial charge < -0.3 is 4.90 Å². The van der Waals surface area contributed by atoms with Gasteiger partial charge in [-0.2, -0.15) is 0 Å². The molecule has 27 heavy (non-hydrogen) atoms. The summed E-state index contributed by atoms with van der Waals surface area (Å²) in [4.78, 5) is 26.4. The molecule has 1 saturated heterocycles. The van der Waals surface area contributed by atoms with E-state index in [-0.39, 0.29) is 17.7 Å². The molecule has 1 aromatic heterocycles. The minimum absolute atomic E-state index is 0.0151. The number of hydrogen-bond acceptors (Lipinski definition) is 5. The van der Waals surface area contributed by atoms with Crippen LogP contribution in [0.3, 0.4) is 0 Å². The van der Waals surface area contributed by atoms with Gasteiger partial charge in [0.1, 0.15) is 5.01 Å². The molecule has 0 bridgehead atoms. The maximum Gasteiger partial charge on any atom is 0.257 e. The second-order valence-electron chi connectivity index (χ2n) is 6.51. The van der Waals surface area contributed by atoms with E-state index in [2.05, 4.69) is 15.5 Å². The summed E-state index contributed by atoms with van der Waals surface area (Å²) >= 11 is 1.32. The Balaban J connectivity index is 1.45. The second kappa shape index (κ2) is 7.28. The summed E-state index contributed by atoms with van der Waals surface area (Å²) in [7, 11) is 0. The molecule has 0 radical (unpaired) electrons. The Morgan fingerprint density at radius 1 is 1.11 bits per heavy atom. The third kappa shape index (κ3) is 3.73. The first-order chi connectivity index (χ1) is 13.1. The minimum atomic E-state index is -0.220. The fourth-order valence-electron chi connectivity index (χ4n) is 3.06. The zero-order valence-corrected chi connectivity index (χ0v) is 15.6. The topological polar surface area (TPSA) is 75.2 Å². The van der Waals surface area contributed by atoms with Gasteiger partial charge in [0.05, 0.1) is 0 Å². The summed E-state index contributed by atoms with van der Waals surface area (Å²) in [6.07, 6.45) is 0.398.